The molecule has 3 fully saturated rings. The normalized spacial score (nSPS) is 32.2. The van der Waals surface area contributed by atoms with Gasteiger partial charge in [0.05, 0.1) is 12.5 Å². The smallest absolute Gasteiger partial charge is 0.236 e. The monoisotopic (exact) mass is 336 g/mol. The van der Waals surface area contributed by atoms with Crippen LogP contribution in [0.25, 0.3) is 0 Å². The molecule has 2 heterocycles. The lowest BCUT2D eigenvalue weighted by molar-refractivity contribution is -0.144. The number of nitrogens with two attached hydrogens (primary N) is 1. The Balaban J connectivity index is 1.49. The average molecular weight is 336 g/mol. The zero-order valence-electron chi connectivity index (χ0n) is 15.0. The number of nitrogens with zero attached hydrogens (tertiary/aromatic N) is 3. The molecule has 136 valence electrons. The van der Waals surface area contributed by atoms with Crippen LogP contribution in [0.3, 0.4) is 0 Å². The highest BCUT2D eigenvalue weighted by atomic mass is 16.2. The quantitative estimate of drug-likeness (QED) is 0.822. The Kier molecular flexibility index (Phi) is 5.45. The molecule has 0 bridgehead atoms. The fourth-order valence-corrected chi connectivity index (χ4v) is 4.39. The van der Waals surface area contributed by atoms with Crippen molar-refractivity contribution in [3.8, 4) is 0 Å². The van der Waals surface area contributed by atoms with Gasteiger partial charge in [0.1, 0.15) is 0 Å². The van der Waals surface area contributed by atoms with Crippen molar-refractivity contribution >= 4 is 11.8 Å². The molecular formula is C18H32N4O2. The van der Waals surface area contributed by atoms with Gasteiger partial charge in [0.25, 0.3) is 0 Å². The molecule has 2 saturated heterocycles. The summed E-state index contributed by atoms with van der Waals surface area (Å²) in [7, 11) is 0. The van der Waals surface area contributed by atoms with Gasteiger partial charge in [0.2, 0.25) is 11.8 Å². The minimum atomic E-state index is -0.377. The summed E-state index contributed by atoms with van der Waals surface area (Å²) in [6, 6.07) is 0. The van der Waals surface area contributed by atoms with E-state index < -0.39 is 0 Å². The Labute approximate surface area is 145 Å². The van der Waals surface area contributed by atoms with Gasteiger partial charge in [-0.2, -0.15) is 0 Å². The van der Waals surface area contributed by atoms with Crippen molar-refractivity contribution in [2.45, 2.75) is 51.0 Å². The summed E-state index contributed by atoms with van der Waals surface area (Å²) in [6.07, 6.45) is 6.45. The lowest BCUT2D eigenvalue weighted by Gasteiger charge is -2.42. The van der Waals surface area contributed by atoms with Crippen molar-refractivity contribution in [2.24, 2.45) is 11.7 Å². The minimum Gasteiger partial charge on any atom is -0.339 e. The van der Waals surface area contributed by atoms with Crippen molar-refractivity contribution in [3.05, 3.63) is 0 Å². The lowest BCUT2D eigenvalue weighted by atomic mass is 9.74. The van der Waals surface area contributed by atoms with Gasteiger partial charge in [0, 0.05) is 31.7 Å². The number of carbonyl (C=O) groups is 2. The molecule has 0 spiro atoms. The van der Waals surface area contributed by atoms with Crippen molar-refractivity contribution in [1.82, 2.24) is 14.7 Å². The van der Waals surface area contributed by atoms with Gasteiger partial charge < -0.3 is 15.5 Å². The van der Waals surface area contributed by atoms with E-state index in [4.69, 9.17) is 5.73 Å². The van der Waals surface area contributed by atoms with E-state index in [0.29, 0.717) is 32.7 Å². The molecule has 3 rings (SSSR count). The van der Waals surface area contributed by atoms with E-state index in [2.05, 4.69) is 4.90 Å². The number of carbonyl (C=O) groups excluding carboxylic acids is 2. The Bertz CT molecular complexity index is 466. The topological polar surface area (TPSA) is 69.9 Å². The van der Waals surface area contributed by atoms with E-state index in [1.165, 1.54) is 12.8 Å². The summed E-state index contributed by atoms with van der Waals surface area (Å²) in [5, 5.41) is 0. The number of piperazine rings is 1. The number of amides is 2. The second-order valence-electron chi connectivity index (χ2n) is 7.99. The Morgan fingerprint density at radius 1 is 0.958 bits per heavy atom. The molecule has 0 aromatic rings. The van der Waals surface area contributed by atoms with Crippen molar-refractivity contribution < 1.29 is 9.59 Å². The molecule has 2 aliphatic heterocycles. The molecule has 1 saturated carbocycles. The molecule has 0 aromatic carbocycles. The zero-order chi connectivity index (χ0) is 17.2. The first-order chi connectivity index (χ1) is 11.5. The van der Waals surface area contributed by atoms with Crippen LogP contribution < -0.4 is 5.73 Å². The molecule has 6 nitrogen and oxygen atoms in total. The van der Waals surface area contributed by atoms with E-state index in [-0.39, 0.29) is 23.3 Å². The molecule has 0 radical (unpaired) electrons. The van der Waals surface area contributed by atoms with Gasteiger partial charge >= 0.3 is 0 Å². The van der Waals surface area contributed by atoms with Gasteiger partial charge in [-0.25, -0.2) is 0 Å². The second-order valence-corrected chi connectivity index (χ2v) is 7.99. The van der Waals surface area contributed by atoms with Crippen LogP contribution in [-0.2, 0) is 9.59 Å². The van der Waals surface area contributed by atoms with Crippen molar-refractivity contribution in [3.63, 3.8) is 0 Å². The molecule has 2 atom stereocenters. The first-order valence-electron chi connectivity index (χ1n) is 9.55. The maximum absolute atomic E-state index is 12.9. The average Bonchev–Trinajstić information content (AvgIpc) is 3.07. The largest absolute Gasteiger partial charge is 0.339 e. The van der Waals surface area contributed by atoms with E-state index >= 15 is 0 Å². The van der Waals surface area contributed by atoms with Gasteiger partial charge in [-0.1, -0.05) is 12.8 Å². The van der Waals surface area contributed by atoms with E-state index in [1.807, 2.05) is 16.7 Å². The molecule has 24 heavy (non-hydrogen) atoms. The fraction of sp³-hybridized carbons (Fsp3) is 0.889. The van der Waals surface area contributed by atoms with E-state index in [0.717, 1.165) is 38.8 Å². The number of rotatable bonds is 3. The molecule has 2 amide bonds. The summed E-state index contributed by atoms with van der Waals surface area (Å²) in [5.74, 6) is 0.356. The van der Waals surface area contributed by atoms with Crippen LogP contribution in [0.2, 0.25) is 0 Å². The van der Waals surface area contributed by atoms with Crippen LogP contribution in [0.15, 0.2) is 0 Å². The summed E-state index contributed by atoms with van der Waals surface area (Å²) in [6.45, 7) is 7.26. The van der Waals surface area contributed by atoms with Crippen LogP contribution in [0, 0.1) is 5.92 Å². The molecule has 2 unspecified atom stereocenters. The van der Waals surface area contributed by atoms with Gasteiger partial charge in [0.15, 0.2) is 0 Å². The SMILES string of the molecule is CC1(N)CCCCC1C(=O)N1CCN(C(=O)CN2CCCC2)CC1. The Morgan fingerprint density at radius 3 is 2.21 bits per heavy atom. The van der Waals surface area contributed by atoms with Crippen LogP contribution >= 0.6 is 0 Å². The maximum atomic E-state index is 12.9. The molecule has 3 aliphatic rings. The van der Waals surface area contributed by atoms with Gasteiger partial charge in [-0.3, -0.25) is 14.5 Å². The third-order valence-electron chi connectivity index (χ3n) is 6.05. The van der Waals surface area contributed by atoms with E-state index in [1.54, 1.807) is 0 Å². The molecule has 6 heteroatoms. The third kappa shape index (κ3) is 3.91. The fourth-order valence-electron chi connectivity index (χ4n) is 4.39. The van der Waals surface area contributed by atoms with E-state index in [9.17, 15) is 9.59 Å². The first kappa shape index (κ1) is 17.7. The van der Waals surface area contributed by atoms with Gasteiger partial charge in [-0.15, -0.1) is 0 Å². The predicted molar refractivity (Wildman–Crippen MR) is 93.4 cm³/mol. The number of hydrogen-bond acceptors (Lipinski definition) is 4. The highest BCUT2D eigenvalue weighted by Gasteiger charge is 2.40. The van der Waals surface area contributed by atoms with Crippen LogP contribution in [-0.4, -0.2) is 77.9 Å². The Morgan fingerprint density at radius 2 is 1.58 bits per heavy atom. The van der Waals surface area contributed by atoms with Crippen LogP contribution in [0.5, 0.6) is 0 Å². The van der Waals surface area contributed by atoms with Gasteiger partial charge in [-0.05, 0) is 45.7 Å². The second kappa shape index (κ2) is 7.40. The highest BCUT2D eigenvalue weighted by Crippen LogP contribution is 2.33. The highest BCUT2D eigenvalue weighted by molar-refractivity contribution is 5.81. The summed E-state index contributed by atoms with van der Waals surface area (Å²) >= 11 is 0. The Hall–Kier alpha value is -1.14. The molecular weight excluding hydrogens is 304 g/mol. The van der Waals surface area contributed by atoms with Crippen LogP contribution in [0.4, 0.5) is 0 Å². The molecule has 1 aliphatic carbocycles. The third-order valence-corrected chi connectivity index (χ3v) is 6.05. The van der Waals surface area contributed by atoms with Crippen molar-refractivity contribution in [1.29, 1.82) is 0 Å². The predicted octanol–water partition coefficient (Wildman–Crippen LogP) is 0.661. The zero-order valence-corrected chi connectivity index (χ0v) is 15.0. The lowest BCUT2D eigenvalue weighted by Crippen LogP contribution is -2.58. The summed E-state index contributed by atoms with van der Waals surface area (Å²) in [5.41, 5.74) is 6.00. The maximum Gasteiger partial charge on any atom is 0.236 e. The molecule has 0 aromatic heterocycles. The number of likely N-dealkylation sites (tertiary alicyclic amines) is 1. The molecule has 2 N–H and O–H groups in total. The minimum absolute atomic E-state index is 0.0573. The standard InChI is InChI=1S/C18H32N4O2/c1-18(19)7-3-2-6-15(18)17(24)22-12-10-21(11-13-22)16(23)14-20-8-4-5-9-20/h15H,2-14,19H2,1H3. The summed E-state index contributed by atoms with van der Waals surface area (Å²) in [4.78, 5) is 31.3. The van der Waals surface area contributed by atoms with Crippen molar-refractivity contribution in [2.75, 3.05) is 45.8 Å². The number of hydrogen-bond donors (Lipinski definition) is 1. The summed E-state index contributed by atoms with van der Waals surface area (Å²) < 4.78 is 0. The first-order valence-corrected chi connectivity index (χ1v) is 9.55. The van der Waals surface area contributed by atoms with Crippen LogP contribution in [0.1, 0.15) is 45.4 Å².